The summed E-state index contributed by atoms with van der Waals surface area (Å²) in [5.74, 6) is 0. The molecule has 0 radical (unpaired) electrons. The molecule has 1 aromatic heterocycles. The molecule has 0 atom stereocenters. The van der Waals surface area contributed by atoms with Crippen LogP contribution in [0.1, 0.15) is 23.1 Å². The van der Waals surface area contributed by atoms with Gasteiger partial charge in [-0.15, -0.1) is 0 Å². The summed E-state index contributed by atoms with van der Waals surface area (Å²) in [6.07, 6.45) is -1.53. The molecule has 0 spiro atoms. The Morgan fingerprint density at radius 3 is 2.67 bits per heavy atom. The van der Waals surface area contributed by atoms with Crippen molar-refractivity contribution in [2.24, 2.45) is 5.73 Å². The summed E-state index contributed by atoms with van der Waals surface area (Å²) in [7, 11) is 0. The predicted molar refractivity (Wildman–Crippen MR) is 54.1 cm³/mol. The average Bonchev–Trinajstić information content (AvgIpc) is 2.20. The topological polar surface area (TPSA) is 62.7 Å². The van der Waals surface area contributed by atoms with Crippen molar-refractivity contribution in [1.29, 1.82) is 5.26 Å². The monoisotopic (exact) mass is 275 g/mol. The molecule has 0 aliphatic heterocycles. The largest absolute Gasteiger partial charge is 0.326 e. The van der Waals surface area contributed by atoms with Crippen molar-refractivity contribution in [2.75, 3.05) is 0 Å². The maximum atomic E-state index is 12.6. The van der Waals surface area contributed by atoms with Gasteiger partial charge < -0.3 is 5.73 Å². The van der Waals surface area contributed by atoms with Gasteiger partial charge in [-0.2, -0.15) is 5.26 Å². The quantitative estimate of drug-likeness (QED) is 0.861. The van der Waals surface area contributed by atoms with Crippen LogP contribution in [-0.2, 0) is 13.0 Å². The minimum atomic E-state index is -2.62. The van der Waals surface area contributed by atoms with E-state index in [9.17, 15) is 8.78 Å². The number of hydrogen-bond donors (Lipinski definition) is 1. The second-order valence-corrected chi connectivity index (χ2v) is 3.55. The van der Waals surface area contributed by atoms with Gasteiger partial charge in [0.25, 0.3) is 6.43 Å². The Bertz CT molecular complexity index is 401. The van der Waals surface area contributed by atoms with E-state index in [0.717, 1.165) is 6.20 Å². The molecule has 80 valence electrons. The number of nitrogens with two attached hydrogens (primary N) is 1. The zero-order valence-corrected chi connectivity index (χ0v) is 9.26. The standard InChI is InChI=1S/C9H8BrF2N3/c10-8-5(1-2-13)6(3-14)7(4-15-8)9(11)12/h4,9H,1,3,14H2. The van der Waals surface area contributed by atoms with Gasteiger partial charge in [-0.1, -0.05) is 0 Å². The Labute approximate surface area is 94.0 Å². The molecular formula is C9H8BrF2N3. The van der Waals surface area contributed by atoms with E-state index >= 15 is 0 Å². The third-order valence-electron chi connectivity index (χ3n) is 1.97. The van der Waals surface area contributed by atoms with Gasteiger partial charge in [0.2, 0.25) is 0 Å². The molecule has 2 N–H and O–H groups in total. The van der Waals surface area contributed by atoms with Crippen LogP contribution in [-0.4, -0.2) is 4.98 Å². The van der Waals surface area contributed by atoms with Gasteiger partial charge in [0.15, 0.2) is 0 Å². The number of rotatable bonds is 3. The van der Waals surface area contributed by atoms with E-state index in [1.165, 1.54) is 0 Å². The molecule has 0 unspecified atom stereocenters. The summed E-state index contributed by atoms with van der Waals surface area (Å²) in [6.45, 7) is -0.0300. The molecule has 1 aromatic rings. The predicted octanol–water partition coefficient (Wildman–Crippen LogP) is 2.31. The number of alkyl halides is 2. The highest BCUT2D eigenvalue weighted by Gasteiger charge is 2.18. The minimum absolute atomic E-state index is 0.0146. The zero-order chi connectivity index (χ0) is 11.4. The van der Waals surface area contributed by atoms with Crippen LogP contribution in [0.2, 0.25) is 0 Å². The lowest BCUT2D eigenvalue weighted by molar-refractivity contribution is 0.149. The van der Waals surface area contributed by atoms with Gasteiger partial charge in [-0.3, -0.25) is 0 Å². The lowest BCUT2D eigenvalue weighted by Gasteiger charge is -2.11. The van der Waals surface area contributed by atoms with Gasteiger partial charge in [0.05, 0.1) is 12.5 Å². The molecule has 0 saturated heterocycles. The lowest BCUT2D eigenvalue weighted by Crippen LogP contribution is -2.08. The Kier molecular flexibility index (Phi) is 4.12. The first-order chi connectivity index (χ1) is 7.11. The molecule has 0 saturated carbocycles. The van der Waals surface area contributed by atoms with E-state index in [-0.39, 0.29) is 18.5 Å². The van der Waals surface area contributed by atoms with Crippen LogP contribution in [0.5, 0.6) is 0 Å². The van der Waals surface area contributed by atoms with Crippen molar-refractivity contribution in [1.82, 2.24) is 4.98 Å². The molecule has 0 bridgehead atoms. The van der Waals surface area contributed by atoms with Crippen LogP contribution in [0.25, 0.3) is 0 Å². The number of aromatic nitrogens is 1. The van der Waals surface area contributed by atoms with Crippen molar-refractivity contribution in [3.8, 4) is 6.07 Å². The summed E-state index contributed by atoms with van der Waals surface area (Å²) in [4.78, 5) is 3.76. The number of nitriles is 1. The van der Waals surface area contributed by atoms with E-state index in [0.29, 0.717) is 15.7 Å². The molecule has 0 aliphatic carbocycles. The molecule has 1 heterocycles. The second-order valence-electron chi connectivity index (χ2n) is 2.80. The van der Waals surface area contributed by atoms with Gasteiger partial charge >= 0.3 is 0 Å². The molecule has 15 heavy (non-hydrogen) atoms. The summed E-state index contributed by atoms with van der Waals surface area (Å²) >= 11 is 3.11. The SMILES string of the molecule is N#CCc1c(Br)ncc(C(F)F)c1CN. The smallest absolute Gasteiger partial charge is 0.265 e. The van der Waals surface area contributed by atoms with E-state index in [4.69, 9.17) is 11.0 Å². The lowest BCUT2D eigenvalue weighted by atomic mass is 10.0. The summed E-state index contributed by atoms with van der Waals surface area (Å²) in [5, 5.41) is 8.57. The number of hydrogen-bond acceptors (Lipinski definition) is 3. The number of halogens is 3. The Morgan fingerprint density at radius 1 is 1.53 bits per heavy atom. The highest BCUT2D eigenvalue weighted by Crippen LogP contribution is 2.28. The van der Waals surface area contributed by atoms with Crippen molar-refractivity contribution >= 4 is 15.9 Å². The maximum Gasteiger partial charge on any atom is 0.265 e. The minimum Gasteiger partial charge on any atom is -0.326 e. The van der Waals surface area contributed by atoms with Gasteiger partial charge in [0.1, 0.15) is 4.60 Å². The zero-order valence-electron chi connectivity index (χ0n) is 7.67. The number of nitrogens with zero attached hydrogens (tertiary/aromatic N) is 2. The van der Waals surface area contributed by atoms with E-state index in [1.54, 1.807) is 0 Å². The fourth-order valence-corrected chi connectivity index (χ4v) is 1.75. The molecule has 0 fully saturated rings. The molecule has 0 amide bonds. The average molecular weight is 276 g/mol. The summed E-state index contributed by atoms with van der Waals surface area (Å²) in [6, 6.07) is 1.90. The molecule has 0 aliphatic rings. The molecular weight excluding hydrogens is 268 g/mol. The van der Waals surface area contributed by atoms with Crippen LogP contribution in [0.4, 0.5) is 8.78 Å². The normalized spacial score (nSPS) is 10.4. The van der Waals surface area contributed by atoms with Crippen molar-refractivity contribution < 1.29 is 8.78 Å². The van der Waals surface area contributed by atoms with Crippen LogP contribution in [0, 0.1) is 11.3 Å². The van der Waals surface area contributed by atoms with Gasteiger partial charge in [0, 0.05) is 23.9 Å². The van der Waals surface area contributed by atoms with E-state index in [1.807, 2.05) is 6.07 Å². The fourth-order valence-electron chi connectivity index (χ4n) is 1.27. The third kappa shape index (κ3) is 2.49. The van der Waals surface area contributed by atoms with Crippen LogP contribution in [0.15, 0.2) is 10.8 Å². The molecule has 3 nitrogen and oxygen atoms in total. The van der Waals surface area contributed by atoms with Crippen LogP contribution in [0.3, 0.4) is 0 Å². The van der Waals surface area contributed by atoms with E-state index < -0.39 is 6.43 Å². The Morgan fingerprint density at radius 2 is 2.20 bits per heavy atom. The highest BCUT2D eigenvalue weighted by atomic mass is 79.9. The Balaban J connectivity index is 3.34. The van der Waals surface area contributed by atoms with Crippen molar-refractivity contribution in [3.05, 3.63) is 27.5 Å². The Hall–Kier alpha value is -1.06. The maximum absolute atomic E-state index is 12.6. The van der Waals surface area contributed by atoms with Crippen molar-refractivity contribution in [2.45, 2.75) is 19.4 Å². The first kappa shape index (κ1) is 12.0. The molecule has 6 heteroatoms. The fraction of sp³-hybridized carbons (Fsp3) is 0.333. The van der Waals surface area contributed by atoms with E-state index in [2.05, 4.69) is 20.9 Å². The first-order valence-electron chi connectivity index (χ1n) is 4.13. The summed E-state index contributed by atoms with van der Waals surface area (Å²) in [5.41, 5.74) is 5.94. The highest BCUT2D eigenvalue weighted by molar-refractivity contribution is 9.10. The molecule has 1 rings (SSSR count). The summed E-state index contributed by atoms with van der Waals surface area (Å²) < 4.78 is 25.5. The first-order valence-corrected chi connectivity index (χ1v) is 4.92. The second kappa shape index (κ2) is 5.14. The van der Waals surface area contributed by atoms with Crippen molar-refractivity contribution in [3.63, 3.8) is 0 Å². The number of pyridine rings is 1. The third-order valence-corrected chi connectivity index (χ3v) is 2.66. The van der Waals surface area contributed by atoms with Gasteiger partial charge in [-0.25, -0.2) is 13.8 Å². The van der Waals surface area contributed by atoms with Gasteiger partial charge in [-0.05, 0) is 21.5 Å². The molecule has 0 aromatic carbocycles. The van der Waals surface area contributed by atoms with Crippen LogP contribution >= 0.6 is 15.9 Å². The van der Waals surface area contributed by atoms with Crippen LogP contribution < -0.4 is 5.73 Å².